The summed E-state index contributed by atoms with van der Waals surface area (Å²) in [5.74, 6) is 0.0399. The van der Waals surface area contributed by atoms with Crippen LogP contribution in [0.25, 0.3) is 0 Å². The number of carbonyl (C=O) groups is 1. The lowest BCUT2D eigenvalue weighted by atomic mass is 10.0. The van der Waals surface area contributed by atoms with Crippen molar-refractivity contribution in [2.45, 2.75) is 27.2 Å². The summed E-state index contributed by atoms with van der Waals surface area (Å²) >= 11 is 0. The molecule has 0 saturated heterocycles. The van der Waals surface area contributed by atoms with Crippen LogP contribution in [0.1, 0.15) is 38.6 Å². The number of nitrogens with one attached hydrogen (secondary N) is 1. The molecule has 6 nitrogen and oxygen atoms in total. The molecule has 138 valence electrons. The predicted molar refractivity (Wildman–Crippen MR) is 104 cm³/mol. The zero-order chi connectivity index (χ0) is 19.6. The van der Waals surface area contributed by atoms with Crippen LogP contribution in [0.2, 0.25) is 0 Å². The van der Waals surface area contributed by atoms with E-state index < -0.39 is 5.97 Å². The van der Waals surface area contributed by atoms with Gasteiger partial charge in [-0.05, 0) is 44.5 Å². The van der Waals surface area contributed by atoms with Gasteiger partial charge in [0.1, 0.15) is 17.4 Å². The molecule has 0 aliphatic heterocycles. The summed E-state index contributed by atoms with van der Waals surface area (Å²) in [5.41, 5.74) is 4.39. The molecule has 2 aromatic carbocycles. The van der Waals surface area contributed by atoms with Gasteiger partial charge in [0, 0.05) is 17.7 Å². The van der Waals surface area contributed by atoms with E-state index in [4.69, 9.17) is 0 Å². The Balaban J connectivity index is 2.01. The van der Waals surface area contributed by atoms with Gasteiger partial charge in [-0.1, -0.05) is 29.8 Å². The van der Waals surface area contributed by atoms with E-state index in [9.17, 15) is 15.0 Å². The third-order valence-corrected chi connectivity index (χ3v) is 4.32. The largest absolute Gasteiger partial charge is 0.506 e. The molecule has 0 bridgehead atoms. The normalized spacial score (nSPS) is 10.6. The summed E-state index contributed by atoms with van der Waals surface area (Å²) in [5, 5.41) is 22.4. The van der Waals surface area contributed by atoms with Gasteiger partial charge in [-0.2, -0.15) is 0 Å². The fraction of sp³-hybridized carbons (Fsp3) is 0.190. The maximum absolute atomic E-state index is 11.2. The zero-order valence-corrected chi connectivity index (χ0v) is 15.4. The van der Waals surface area contributed by atoms with Crippen molar-refractivity contribution in [2.75, 3.05) is 5.32 Å². The van der Waals surface area contributed by atoms with Crippen molar-refractivity contribution in [3.63, 3.8) is 0 Å². The molecule has 0 spiro atoms. The van der Waals surface area contributed by atoms with Crippen molar-refractivity contribution >= 4 is 17.5 Å². The van der Waals surface area contributed by atoms with Crippen molar-refractivity contribution < 1.29 is 15.0 Å². The number of aromatic carboxylic acids is 1. The van der Waals surface area contributed by atoms with E-state index in [1.807, 2.05) is 13.8 Å². The number of phenolic OH excluding ortho intramolecular Hbond substituents is 1. The van der Waals surface area contributed by atoms with Gasteiger partial charge in [0.05, 0.1) is 11.3 Å². The zero-order valence-electron chi connectivity index (χ0n) is 15.4. The Morgan fingerprint density at radius 1 is 1.04 bits per heavy atom. The second-order valence-electron chi connectivity index (χ2n) is 6.51. The number of benzene rings is 2. The molecule has 0 fully saturated rings. The monoisotopic (exact) mass is 363 g/mol. The quantitative estimate of drug-likeness (QED) is 0.590. The van der Waals surface area contributed by atoms with Crippen LogP contribution < -0.4 is 5.32 Å². The van der Waals surface area contributed by atoms with Crippen LogP contribution in [0.15, 0.2) is 42.5 Å². The summed E-state index contributed by atoms with van der Waals surface area (Å²) in [6, 6.07) is 12.3. The number of hydrogen-bond donors (Lipinski definition) is 3. The molecular formula is C21H21N3O3. The van der Waals surface area contributed by atoms with Crippen LogP contribution in [0.5, 0.6) is 5.75 Å². The van der Waals surface area contributed by atoms with Crippen LogP contribution in [0.4, 0.5) is 11.5 Å². The summed E-state index contributed by atoms with van der Waals surface area (Å²) in [7, 11) is 0. The number of aromatic nitrogens is 2. The minimum Gasteiger partial charge on any atom is -0.506 e. The van der Waals surface area contributed by atoms with E-state index in [1.165, 1.54) is 23.8 Å². The van der Waals surface area contributed by atoms with Crippen molar-refractivity contribution in [3.05, 3.63) is 76.2 Å². The van der Waals surface area contributed by atoms with Crippen LogP contribution in [0, 0.1) is 20.8 Å². The lowest BCUT2D eigenvalue weighted by Crippen LogP contribution is -2.07. The van der Waals surface area contributed by atoms with Gasteiger partial charge in [0.25, 0.3) is 0 Å². The SMILES string of the molecule is Cc1ccc(Cc2c(C)nc(C)nc2Nc2cc(C(=O)O)ccc2O)cc1. The standard InChI is InChI=1S/C21H21N3O3/c1-12-4-6-15(7-5-12)10-17-13(2)22-14(3)23-20(17)24-18-11-16(21(26)27)8-9-19(18)25/h4-9,11,25H,10H2,1-3H3,(H,26,27)(H,22,23,24). The Morgan fingerprint density at radius 2 is 1.74 bits per heavy atom. The Bertz CT molecular complexity index is 998. The maximum atomic E-state index is 11.2. The predicted octanol–water partition coefficient (Wildman–Crippen LogP) is 4.14. The minimum absolute atomic E-state index is 0.0461. The highest BCUT2D eigenvalue weighted by Crippen LogP contribution is 2.30. The van der Waals surface area contributed by atoms with Crippen LogP contribution in [-0.2, 0) is 6.42 Å². The average Bonchev–Trinajstić information content (AvgIpc) is 2.61. The van der Waals surface area contributed by atoms with Crippen molar-refractivity contribution in [3.8, 4) is 5.75 Å². The molecule has 0 aliphatic rings. The number of hydrogen-bond acceptors (Lipinski definition) is 5. The summed E-state index contributed by atoms with van der Waals surface area (Å²) in [6.07, 6.45) is 0.619. The molecule has 27 heavy (non-hydrogen) atoms. The van der Waals surface area contributed by atoms with Gasteiger partial charge in [-0.3, -0.25) is 0 Å². The van der Waals surface area contributed by atoms with Crippen LogP contribution in [0.3, 0.4) is 0 Å². The average molecular weight is 363 g/mol. The lowest BCUT2D eigenvalue weighted by Gasteiger charge is -2.15. The van der Waals surface area contributed by atoms with Crippen LogP contribution in [-0.4, -0.2) is 26.2 Å². The van der Waals surface area contributed by atoms with E-state index >= 15 is 0 Å². The molecule has 3 aromatic rings. The molecule has 1 heterocycles. The fourth-order valence-electron chi connectivity index (χ4n) is 2.86. The molecule has 3 rings (SSSR count). The molecule has 6 heteroatoms. The molecule has 1 aromatic heterocycles. The smallest absolute Gasteiger partial charge is 0.335 e. The highest BCUT2D eigenvalue weighted by Gasteiger charge is 2.14. The summed E-state index contributed by atoms with van der Waals surface area (Å²) in [6.45, 7) is 5.74. The minimum atomic E-state index is -1.06. The number of aryl methyl sites for hydroxylation is 3. The molecule has 0 saturated carbocycles. The van der Waals surface area contributed by atoms with Gasteiger partial charge in [0.15, 0.2) is 0 Å². The molecule has 0 atom stereocenters. The maximum Gasteiger partial charge on any atom is 0.335 e. The van der Waals surface area contributed by atoms with Crippen molar-refractivity contribution in [2.24, 2.45) is 0 Å². The van der Waals surface area contributed by atoms with Crippen LogP contribution >= 0.6 is 0 Å². The fourth-order valence-corrected chi connectivity index (χ4v) is 2.86. The van der Waals surface area contributed by atoms with Gasteiger partial charge < -0.3 is 15.5 Å². The molecule has 3 N–H and O–H groups in total. The first-order chi connectivity index (χ1) is 12.8. The molecular weight excluding hydrogens is 342 g/mol. The number of anilines is 2. The highest BCUT2D eigenvalue weighted by atomic mass is 16.4. The highest BCUT2D eigenvalue weighted by molar-refractivity contribution is 5.90. The molecule has 0 unspecified atom stereocenters. The third kappa shape index (κ3) is 4.23. The lowest BCUT2D eigenvalue weighted by molar-refractivity contribution is 0.0697. The van der Waals surface area contributed by atoms with E-state index in [0.29, 0.717) is 18.1 Å². The number of aromatic hydroxyl groups is 1. The first-order valence-electron chi connectivity index (χ1n) is 8.56. The Labute approximate surface area is 157 Å². The molecule has 0 aliphatic carbocycles. The molecule has 0 radical (unpaired) electrons. The molecule has 0 amide bonds. The number of nitrogens with zero attached hydrogens (tertiary/aromatic N) is 2. The second-order valence-corrected chi connectivity index (χ2v) is 6.51. The number of carboxylic acids is 1. The number of rotatable bonds is 5. The first kappa shape index (κ1) is 18.4. The van der Waals surface area contributed by atoms with Gasteiger partial charge >= 0.3 is 5.97 Å². The first-order valence-corrected chi connectivity index (χ1v) is 8.56. The second kappa shape index (κ2) is 7.45. The Hall–Kier alpha value is -3.41. The van der Waals surface area contributed by atoms with E-state index in [1.54, 1.807) is 6.92 Å². The summed E-state index contributed by atoms with van der Waals surface area (Å²) < 4.78 is 0. The number of carboxylic acid groups (broad SMARTS) is 1. The number of phenols is 1. The Kier molecular flexibility index (Phi) is 5.07. The summed E-state index contributed by atoms with van der Waals surface area (Å²) in [4.78, 5) is 20.2. The van der Waals surface area contributed by atoms with Gasteiger partial charge in [0.2, 0.25) is 0 Å². The van der Waals surface area contributed by atoms with Crippen molar-refractivity contribution in [1.82, 2.24) is 9.97 Å². The third-order valence-electron chi connectivity index (χ3n) is 4.32. The Morgan fingerprint density at radius 3 is 2.41 bits per heavy atom. The van der Waals surface area contributed by atoms with E-state index in [2.05, 4.69) is 39.6 Å². The van der Waals surface area contributed by atoms with Gasteiger partial charge in [-0.25, -0.2) is 14.8 Å². The van der Waals surface area contributed by atoms with E-state index in [0.717, 1.165) is 16.8 Å². The van der Waals surface area contributed by atoms with Gasteiger partial charge in [-0.15, -0.1) is 0 Å². The van der Waals surface area contributed by atoms with E-state index in [-0.39, 0.29) is 17.0 Å². The van der Waals surface area contributed by atoms with Crippen molar-refractivity contribution in [1.29, 1.82) is 0 Å². The topological polar surface area (TPSA) is 95.3 Å².